The number of carbonyl (C=O) groups is 2. The van der Waals surface area contributed by atoms with Gasteiger partial charge < -0.3 is 15.0 Å². The van der Waals surface area contributed by atoms with Crippen LogP contribution < -0.4 is 14.8 Å². The smallest absolute Gasteiger partial charge is 0.262 e. The van der Waals surface area contributed by atoms with Crippen molar-refractivity contribution < 1.29 is 22.7 Å². The van der Waals surface area contributed by atoms with Crippen molar-refractivity contribution in [3.05, 3.63) is 42.0 Å². The van der Waals surface area contributed by atoms with Crippen LogP contribution in [-0.4, -0.2) is 51.1 Å². The molecule has 8 nitrogen and oxygen atoms in total. The van der Waals surface area contributed by atoms with Crippen molar-refractivity contribution in [3.63, 3.8) is 0 Å². The molecule has 33 heavy (non-hydrogen) atoms. The first kappa shape index (κ1) is 23.4. The topological polar surface area (TPSA) is 105 Å². The highest BCUT2D eigenvalue weighted by molar-refractivity contribution is 7.99. The van der Waals surface area contributed by atoms with Crippen molar-refractivity contribution in [1.29, 1.82) is 0 Å². The van der Waals surface area contributed by atoms with Crippen molar-refractivity contribution in [2.45, 2.75) is 36.0 Å². The van der Waals surface area contributed by atoms with Crippen LogP contribution in [0.5, 0.6) is 5.75 Å². The molecule has 4 rings (SSSR count). The van der Waals surface area contributed by atoms with Crippen LogP contribution in [0.15, 0.2) is 46.2 Å². The van der Waals surface area contributed by atoms with Gasteiger partial charge in [0.05, 0.1) is 29.3 Å². The third kappa shape index (κ3) is 5.27. The highest BCUT2D eigenvalue weighted by Crippen LogP contribution is 2.36. The monoisotopic (exact) mass is 489 g/mol. The van der Waals surface area contributed by atoms with Crippen LogP contribution in [0, 0.1) is 12.8 Å². The highest BCUT2D eigenvalue weighted by atomic mass is 32.2. The zero-order chi connectivity index (χ0) is 23.6. The normalized spacial score (nSPS) is 18.3. The number of hydrogen-bond donors (Lipinski definition) is 2. The number of amides is 2. The number of ether oxygens (including phenoxy) is 1. The van der Waals surface area contributed by atoms with Crippen molar-refractivity contribution in [3.8, 4) is 5.75 Å². The molecule has 2 aromatic carbocycles. The van der Waals surface area contributed by atoms with Crippen LogP contribution in [0.1, 0.15) is 24.8 Å². The number of methoxy groups -OCH3 is 1. The molecule has 2 heterocycles. The second-order valence-electron chi connectivity index (χ2n) is 8.26. The number of hydrogen-bond acceptors (Lipinski definition) is 6. The Labute approximate surface area is 198 Å². The molecule has 0 aliphatic carbocycles. The predicted octanol–water partition coefficient (Wildman–Crippen LogP) is 3.48. The number of benzene rings is 2. The largest absolute Gasteiger partial charge is 0.495 e. The van der Waals surface area contributed by atoms with E-state index >= 15 is 0 Å². The Morgan fingerprint density at radius 1 is 1.21 bits per heavy atom. The van der Waals surface area contributed by atoms with Gasteiger partial charge in [0, 0.05) is 30.2 Å². The fourth-order valence-corrected chi connectivity index (χ4v) is 6.13. The summed E-state index contributed by atoms with van der Waals surface area (Å²) in [4.78, 5) is 27.9. The average molecular weight is 490 g/mol. The van der Waals surface area contributed by atoms with Gasteiger partial charge in [-0.3, -0.25) is 14.3 Å². The van der Waals surface area contributed by atoms with Crippen LogP contribution in [0.4, 0.5) is 11.4 Å². The lowest BCUT2D eigenvalue weighted by Crippen LogP contribution is -2.33. The molecular formula is C23H27N3O5S2. The maximum atomic E-state index is 13.1. The number of likely N-dealkylation sites (tertiary alicyclic amines) is 1. The second kappa shape index (κ2) is 9.64. The molecule has 2 amide bonds. The lowest BCUT2D eigenvalue weighted by Gasteiger charge is -2.18. The fourth-order valence-electron chi connectivity index (χ4n) is 3.96. The summed E-state index contributed by atoms with van der Waals surface area (Å²) in [5.74, 6) is 0.137. The third-order valence-corrected chi connectivity index (χ3v) is 8.41. The minimum Gasteiger partial charge on any atom is -0.495 e. The van der Waals surface area contributed by atoms with E-state index in [0.29, 0.717) is 22.9 Å². The SMILES string of the molecule is COc1ccc(C)cc1NS(=O)(=O)c1ccc2c(c1)NC(=O)C(CC(=O)N1CCCC1)CS2. The molecular weight excluding hydrogens is 462 g/mol. The molecule has 2 aliphatic heterocycles. The van der Waals surface area contributed by atoms with E-state index in [2.05, 4.69) is 10.0 Å². The molecule has 0 bridgehead atoms. The van der Waals surface area contributed by atoms with Gasteiger partial charge in [-0.2, -0.15) is 0 Å². The Morgan fingerprint density at radius 2 is 1.97 bits per heavy atom. The van der Waals surface area contributed by atoms with Crippen molar-refractivity contribution >= 4 is 45.0 Å². The zero-order valence-electron chi connectivity index (χ0n) is 18.6. The molecule has 10 heteroatoms. The van der Waals surface area contributed by atoms with Crippen LogP contribution >= 0.6 is 11.8 Å². The second-order valence-corrected chi connectivity index (χ2v) is 11.0. The Morgan fingerprint density at radius 3 is 2.70 bits per heavy atom. The van der Waals surface area contributed by atoms with Gasteiger partial charge in [0.25, 0.3) is 10.0 Å². The van der Waals surface area contributed by atoms with Gasteiger partial charge >= 0.3 is 0 Å². The first-order chi connectivity index (χ1) is 15.8. The van der Waals surface area contributed by atoms with E-state index in [1.54, 1.807) is 18.2 Å². The fraction of sp³-hybridized carbons (Fsp3) is 0.391. The molecule has 1 saturated heterocycles. The van der Waals surface area contributed by atoms with Gasteiger partial charge in [0.2, 0.25) is 11.8 Å². The van der Waals surface area contributed by atoms with E-state index in [1.165, 1.54) is 31.0 Å². The van der Waals surface area contributed by atoms with Gasteiger partial charge in [-0.05, 0) is 55.7 Å². The van der Waals surface area contributed by atoms with Crippen LogP contribution in [0.3, 0.4) is 0 Å². The van der Waals surface area contributed by atoms with Crippen LogP contribution in [0.2, 0.25) is 0 Å². The van der Waals surface area contributed by atoms with Gasteiger partial charge in [0.15, 0.2) is 0 Å². The number of nitrogens with zero attached hydrogens (tertiary/aromatic N) is 1. The Hall–Kier alpha value is -2.72. The molecule has 1 unspecified atom stereocenters. The third-order valence-electron chi connectivity index (χ3n) is 5.81. The number of sulfonamides is 1. The summed E-state index contributed by atoms with van der Waals surface area (Å²) in [6.45, 7) is 3.36. The Kier molecular flexibility index (Phi) is 6.85. The maximum Gasteiger partial charge on any atom is 0.262 e. The van der Waals surface area contributed by atoms with Gasteiger partial charge in [-0.25, -0.2) is 8.42 Å². The predicted molar refractivity (Wildman–Crippen MR) is 128 cm³/mol. The zero-order valence-corrected chi connectivity index (χ0v) is 20.2. The van der Waals surface area contributed by atoms with E-state index < -0.39 is 15.9 Å². The summed E-state index contributed by atoms with van der Waals surface area (Å²) in [6.07, 6.45) is 2.16. The van der Waals surface area contributed by atoms with E-state index in [-0.39, 0.29) is 23.1 Å². The first-order valence-corrected chi connectivity index (χ1v) is 13.3. The van der Waals surface area contributed by atoms with Gasteiger partial charge in [-0.1, -0.05) is 6.07 Å². The molecule has 1 fully saturated rings. The number of fused-ring (bicyclic) bond motifs is 1. The van der Waals surface area contributed by atoms with Crippen LogP contribution in [-0.2, 0) is 19.6 Å². The molecule has 0 saturated carbocycles. The van der Waals surface area contributed by atoms with Crippen LogP contribution in [0.25, 0.3) is 0 Å². The van der Waals surface area contributed by atoms with Crippen molar-refractivity contribution in [1.82, 2.24) is 4.90 Å². The number of anilines is 2. The molecule has 0 radical (unpaired) electrons. The summed E-state index contributed by atoms with van der Waals surface area (Å²) < 4.78 is 33.9. The summed E-state index contributed by atoms with van der Waals surface area (Å²) in [7, 11) is -2.45. The van der Waals surface area contributed by atoms with E-state index in [1.807, 2.05) is 17.9 Å². The number of thioether (sulfide) groups is 1. The standard InChI is InChI=1S/C23H27N3O5S2/c1-15-5-7-20(31-2)18(11-15)25-33(29,30)17-6-8-21-19(13-17)24-23(28)16(14-32-21)12-22(27)26-9-3-4-10-26/h5-8,11,13,16,25H,3-4,9-10,12,14H2,1-2H3,(H,24,28). The van der Waals surface area contributed by atoms with E-state index in [0.717, 1.165) is 36.4 Å². The summed E-state index contributed by atoms with van der Waals surface area (Å²) in [5, 5.41) is 2.83. The van der Waals surface area contributed by atoms with E-state index in [9.17, 15) is 18.0 Å². The number of carbonyl (C=O) groups excluding carboxylic acids is 2. The molecule has 2 aliphatic rings. The summed E-state index contributed by atoms with van der Waals surface area (Å²) in [5.41, 5.74) is 1.65. The number of aryl methyl sites for hydroxylation is 1. The lowest BCUT2D eigenvalue weighted by molar-refractivity contribution is -0.133. The number of nitrogens with one attached hydrogen (secondary N) is 2. The summed E-state index contributed by atoms with van der Waals surface area (Å²) in [6, 6.07) is 9.88. The van der Waals surface area contributed by atoms with Gasteiger partial charge in [-0.15, -0.1) is 11.8 Å². The Bertz CT molecular complexity index is 1180. The quantitative estimate of drug-likeness (QED) is 0.644. The molecule has 0 aromatic heterocycles. The molecule has 1 atom stereocenters. The highest BCUT2D eigenvalue weighted by Gasteiger charge is 2.30. The summed E-state index contributed by atoms with van der Waals surface area (Å²) >= 11 is 1.45. The maximum absolute atomic E-state index is 13.1. The number of rotatable bonds is 6. The first-order valence-electron chi connectivity index (χ1n) is 10.8. The van der Waals surface area contributed by atoms with Crippen molar-refractivity contribution in [2.75, 3.05) is 36.0 Å². The molecule has 2 N–H and O–H groups in total. The Balaban J connectivity index is 1.52. The molecule has 0 spiro atoms. The van der Waals surface area contributed by atoms with Crippen molar-refractivity contribution in [2.24, 2.45) is 5.92 Å². The average Bonchev–Trinajstić information content (AvgIpc) is 3.27. The molecule has 2 aromatic rings. The minimum absolute atomic E-state index is 0.00113. The lowest BCUT2D eigenvalue weighted by atomic mass is 10.1. The van der Waals surface area contributed by atoms with Gasteiger partial charge in [0.1, 0.15) is 5.75 Å². The minimum atomic E-state index is -3.92. The molecule has 176 valence electrons. The van der Waals surface area contributed by atoms with E-state index in [4.69, 9.17) is 4.74 Å².